The summed E-state index contributed by atoms with van der Waals surface area (Å²) < 4.78 is 34.8. The third kappa shape index (κ3) is 8.16. The Morgan fingerprint density at radius 1 is 0.884 bits per heavy atom. The molecule has 1 atom stereocenters. The average molecular weight is 606 g/mol. The van der Waals surface area contributed by atoms with Gasteiger partial charge >= 0.3 is 0 Å². The highest BCUT2D eigenvalue weighted by molar-refractivity contribution is 7.92. The summed E-state index contributed by atoms with van der Waals surface area (Å²) in [6, 6.07) is 20.4. The van der Waals surface area contributed by atoms with E-state index < -0.39 is 28.5 Å². The van der Waals surface area contributed by atoms with Crippen LogP contribution in [0.5, 0.6) is 5.75 Å². The van der Waals surface area contributed by atoms with Crippen molar-refractivity contribution in [3.63, 3.8) is 0 Å². The van der Waals surface area contributed by atoms with Crippen molar-refractivity contribution in [3.8, 4) is 5.75 Å². The molecule has 1 aliphatic carbocycles. The molecule has 1 saturated carbocycles. The fraction of sp³-hybridized carbons (Fsp3) is 0.412. The van der Waals surface area contributed by atoms with E-state index in [0.717, 1.165) is 46.7 Å². The first-order valence-corrected chi connectivity index (χ1v) is 16.5. The van der Waals surface area contributed by atoms with Gasteiger partial charge in [0, 0.05) is 12.6 Å². The SMILES string of the molecule is CCOc1ccc(N(CC(=O)N(Cc2ccc(C)cc2)[C@H](CC)C(=O)NC2CCCC2)S(=O)(=O)c2ccc(C)cc2)cc1. The Bertz CT molecular complexity index is 1470. The lowest BCUT2D eigenvalue weighted by Crippen LogP contribution is -2.53. The molecule has 4 rings (SSSR count). The van der Waals surface area contributed by atoms with Crippen molar-refractivity contribution in [1.82, 2.24) is 10.2 Å². The van der Waals surface area contributed by atoms with E-state index in [0.29, 0.717) is 24.5 Å². The molecule has 1 N–H and O–H groups in total. The van der Waals surface area contributed by atoms with Gasteiger partial charge in [0.15, 0.2) is 0 Å². The molecule has 0 saturated heterocycles. The van der Waals surface area contributed by atoms with Crippen LogP contribution in [0.4, 0.5) is 5.69 Å². The maximum atomic E-state index is 14.3. The summed E-state index contributed by atoms with van der Waals surface area (Å²) in [4.78, 5) is 29.4. The van der Waals surface area contributed by atoms with Gasteiger partial charge in [0.05, 0.1) is 17.2 Å². The quantitative estimate of drug-likeness (QED) is 0.267. The van der Waals surface area contributed by atoms with Crippen molar-refractivity contribution in [2.45, 2.75) is 83.3 Å². The van der Waals surface area contributed by atoms with Gasteiger partial charge in [-0.1, -0.05) is 67.3 Å². The molecule has 43 heavy (non-hydrogen) atoms. The molecule has 0 heterocycles. The van der Waals surface area contributed by atoms with Crippen LogP contribution in [0.3, 0.4) is 0 Å². The molecule has 3 aromatic carbocycles. The number of aryl methyl sites for hydroxylation is 2. The number of amides is 2. The van der Waals surface area contributed by atoms with Crippen LogP contribution in [0.2, 0.25) is 0 Å². The van der Waals surface area contributed by atoms with Crippen molar-refractivity contribution < 1.29 is 22.7 Å². The number of hydrogen-bond donors (Lipinski definition) is 1. The molecule has 1 fully saturated rings. The smallest absolute Gasteiger partial charge is 0.264 e. The minimum atomic E-state index is -4.13. The minimum Gasteiger partial charge on any atom is -0.494 e. The zero-order valence-corrected chi connectivity index (χ0v) is 26.4. The van der Waals surface area contributed by atoms with Gasteiger partial charge < -0.3 is 15.0 Å². The number of ether oxygens (including phenoxy) is 1. The lowest BCUT2D eigenvalue weighted by molar-refractivity contribution is -0.140. The Hall–Kier alpha value is -3.85. The lowest BCUT2D eigenvalue weighted by atomic mass is 10.1. The van der Waals surface area contributed by atoms with Crippen molar-refractivity contribution in [3.05, 3.63) is 89.5 Å². The molecule has 0 unspecified atom stereocenters. The van der Waals surface area contributed by atoms with E-state index in [9.17, 15) is 18.0 Å². The lowest BCUT2D eigenvalue weighted by Gasteiger charge is -2.34. The standard InChI is InChI=1S/C34H43N3O5S/c1-5-32(34(39)35-28-9-7-8-10-28)36(23-27-15-11-25(3)12-16-27)33(38)24-37(29-17-19-30(20-18-29)42-6-2)43(40,41)31-21-13-26(4)14-22-31/h11-22,28,32H,5-10,23-24H2,1-4H3,(H,35,39)/t32-/m1/s1. The van der Waals surface area contributed by atoms with Crippen LogP contribution in [-0.4, -0.2) is 50.4 Å². The van der Waals surface area contributed by atoms with Crippen LogP contribution in [0.1, 0.15) is 62.6 Å². The Morgan fingerprint density at radius 3 is 2.02 bits per heavy atom. The number of rotatable bonds is 13. The molecule has 0 aliphatic heterocycles. The van der Waals surface area contributed by atoms with Gasteiger partial charge in [0.1, 0.15) is 18.3 Å². The van der Waals surface area contributed by atoms with Gasteiger partial charge in [0.2, 0.25) is 11.8 Å². The van der Waals surface area contributed by atoms with Crippen molar-refractivity contribution >= 4 is 27.5 Å². The van der Waals surface area contributed by atoms with Crippen LogP contribution in [0.25, 0.3) is 0 Å². The third-order valence-corrected chi connectivity index (χ3v) is 9.67. The van der Waals surface area contributed by atoms with E-state index >= 15 is 0 Å². The van der Waals surface area contributed by atoms with Gasteiger partial charge in [-0.05, 0) is 82.0 Å². The third-order valence-electron chi connectivity index (χ3n) is 7.88. The fourth-order valence-corrected chi connectivity index (χ4v) is 6.83. The Labute approximate surface area is 256 Å². The molecule has 0 aromatic heterocycles. The summed E-state index contributed by atoms with van der Waals surface area (Å²) in [7, 11) is -4.13. The summed E-state index contributed by atoms with van der Waals surface area (Å²) >= 11 is 0. The highest BCUT2D eigenvalue weighted by atomic mass is 32.2. The van der Waals surface area contributed by atoms with E-state index in [1.807, 2.05) is 52.0 Å². The van der Waals surface area contributed by atoms with Gasteiger partial charge in [-0.3, -0.25) is 13.9 Å². The topological polar surface area (TPSA) is 96.0 Å². The van der Waals surface area contributed by atoms with Crippen LogP contribution < -0.4 is 14.4 Å². The second kappa shape index (κ2) is 14.6. The summed E-state index contributed by atoms with van der Waals surface area (Å²) in [5, 5.41) is 3.15. The molecule has 1 aliphatic rings. The maximum Gasteiger partial charge on any atom is 0.264 e. The number of sulfonamides is 1. The van der Waals surface area contributed by atoms with Crippen molar-refractivity contribution in [1.29, 1.82) is 0 Å². The zero-order valence-electron chi connectivity index (χ0n) is 25.6. The summed E-state index contributed by atoms with van der Waals surface area (Å²) in [5.41, 5.74) is 3.20. The predicted molar refractivity (Wildman–Crippen MR) is 170 cm³/mol. The van der Waals surface area contributed by atoms with Crippen molar-refractivity contribution in [2.75, 3.05) is 17.5 Å². The summed E-state index contributed by atoms with van der Waals surface area (Å²) in [6.45, 7) is 7.80. The predicted octanol–water partition coefficient (Wildman–Crippen LogP) is 5.76. The van der Waals surface area contributed by atoms with E-state index in [4.69, 9.17) is 4.74 Å². The number of nitrogens with one attached hydrogen (secondary N) is 1. The maximum absolute atomic E-state index is 14.3. The Morgan fingerprint density at radius 2 is 1.47 bits per heavy atom. The number of benzene rings is 3. The highest BCUT2D eigenvalue weighted by Crippen LogP contribution is 2.27. The first kappa shape index (κ1) is 32.1. The first-order chi connectivity index (χ1) is 20.6. The molecular formula is C34H43N3O5S. The normalized spacial score (nSPS) is 14.2. The molecule has 8 nitrogen and oxygen atoms in total. The van der Waals surface area contributed by atoms with Crippen LogP contribution in [-0.2, 0) is 26.2 Å². The monoisotopic (exact) mass is 605 g/mol. The summed E-state index contributed by atoms with van der Waals surface area (Å²) in [5.74, 6) is -0.0664. The van der Waals surface area contributed by atoms with Gasteiger partial charge in [-0.15, -0.1) is 0 Å². The molecule has 230 valence electrons. The molecule has 0 radical (unpaired) electrons. The van der Waals surface area contributed by atoms with E-state index in [2.05, 4.69) is 5.32 Å². The largest absolute Gasteiger partial charge is 0.494 e. The van der Waals surface area contributed by atoms with Gasteiger partial charge in [-0.25, -0.2) is 8.42 Å². The first-order valence-electron chi connectivity index (χ1n) is 15.1. The average Bonchev–Trinajstić information content (AvgIpc) is 3.50. The molecular weight excluding hydrogens is 562 g/mol. The molecule has 0 spiro atoms. The molecule has 2 amide bonds. The van der Waals surface area contributed by atoms with Crippen LogP contribution in [0.15, 0.2) is 77.7 Å². The highest BCUT2D eigenvalue weighted by Gasteiger charge is 2.34. The number of carbonyl (C=O) groups is 2. The van der Waals surface area contributed by atoms with E-state index in [1.165, 1.54) is 4.90 Å². The molecule has 9 heteroatoms. The number of carbonyl (C=O) groups excluding carboxylic acids is 2. The Balaban J connectivity index is 1.71. The van der Waals surface area contributed by atoms with Gasteiger partial charge in [0.25, 0.3) is 10.0 Å². The second-order valence-corrected chi connectivity index (χ2v) is 13.0. The van der Waals surface area contributed by atoms with Crippen LogP contribution in [0, 0.1) is 13.8 Å². The second-order valence-electron chi connectivity index (χ2n) is 11.2. The zero-order chi connectivity index (χ0) is 31.0. The van der Waals surface area contributed by atoms with E-state index in [1.54, 1.807) is 48.5 Å². The van der Waals surface area contributed by atoms with Crippen molar-refractivity contribution in [2.24, 2.45) is 0 Å². The Kier molecular flexibility index (Phi) is 10.9. The summed E-state index contributed by atoms with van der Waals surface area (Å²) in [6.07, 6.45) is 4.38. The minimum absolute atomic E-state index is 0.0795. The molecule has 0 bridgehead atoms. The number of anilines is 1. The fourth-order valence-electron chi connectivity index (χ4n) is 5.42. The van der Waals surface area contributed by atoms with E-state index in [-0.39, 0.29) is 23.4 Å². The number of hydrogen-bond acceptors (Lipinski definition) is 5. The molecule has 3 aromatic rings. The van der Waals surface area contributed by atoms with Crippen LogP contribution >= 0.6 is 0 Å². The number of nitrogens with zero attached hydrogens (tertiary/aromatic N) is 2. The van der Waals surface area contributed by atoms with Gasteiger partial charge in [-0.2, -0.15) is 0 Å².